The second kappa shape index (κ2) is 7.85. The Bertz CT molecular complexity index is 659. The minimum absolute atomic E-state index is 0.119. The van der Waals surface area contributed by atoms with E-state index in [1.165, 1.54) is 5.56 Å². The molecule has 2 nitrogen and oxygen atoms in total. The molecule has 1 N–H and O–H groups in total. The highest BCUT2D eigenvalue weighted by Gasteiger charge is 2.00. The van der Waals surface area contributed by atoms with Gasteiger partial charge in [-0.1, -0.05) is 44.2 Å². The highest BCUT2D eigenvalue weighted by atomic mass is 32.2. The van der Waals surface area contributed by atoms with E-state index in [1.807, 2.05) is 48.7 Å². The third kappa shape index (κ3) is 4.78. The lowest BCUT2D eigenvalue weighted by atomic mass is 10.0. The number of hydrogen-bond acceptors (Lipinski definition) is 2. The fourth-order valence-corrected chi connectivity index (χ4v) is 2.51. The molecule has 2 rings (SSSR count). The molecular formula is C19H21NOS. The molecule has 0 unspecified atom stereocenters. The topological polar surface area (TPSA) is 29.1 Å². The zero-order valence-corrected chi connectivity index (χ0v) is 14.0. The van der Waals surface area contributed by atoms with Gasteiger partial charge in [-0.15, -0.1) is 11.8 Å². The molecule has 0 bridgehead atoms. The highest BCUT2D eigenvalue weighted by Crippen LogP contribution is 2.19. The Labute approximate surface area is 136 Å². The van der Waals surface area contributed by atoms with E-state index in [2.05, 4.69) is 31.3 Å². The molecule has 1 amide bonds. The van der Waals surface area contributed by atoms with Gasteiger partial charge in [-0.05, 0) is 47.6 Å². The molecule has 0 aromatic heterocycles. The van der Waals surface area contributed by atoms with Crippen molar-refractivity contribution >= 4 is 29.4 Å². The van der Waals surface area contributed by atoms with E-state index in [-0.39, 0.29) is 5.91 Å². The maximum atomic E-state index is 12.0. The Morgan fingerprint density at radius 1 is 1.14 bits per heavy atom. The second-order valence-corrected chi connectivity index (χ2v) is 6.26. The van der Waals surface area contributed by atoms with Crippen molar-refractivity contribution in [2.24, 2.45) is 0 Å². The van der Waals surface area contributed by atoms with Crippen LogP contribution in [-0.4, -0.2) is 12.2 Å². The molecular weight excluding hydrogens is 290 g/mol. The molecule has 3 heteroatoms. The summed E-state index contributed by atoms with van der Waals surface area (Å²) in [5.74, 6) is 0.399. The van der Waals surface area contributed by atoms with Crippen molar-refractivity contribution in [3.63, 3.8) is 0 Å². The number of benzene rings is 2. The van der Waals surface area contributed by atoms with E-state index in [4.69, 9.17) is 0 Å². The van der Waals surface area contributed by atoms with Crippen LogP contribution in [0, 0.1) is 0 Å². The van der Waals surface area contributed by atoms with Crippen LogP contribution in [0.2, 0.25) is 0 Å². The monoisotopic (exact) mass is 311 g/mol. The van der Waals surface area contributed by atoms with Crippen LogP contribution in [-0.2, 0) is 4.79 Å². The summed E-state index contributed by atoms with van der Waals surface area (Å²) in [4.78, 5) is 13.1. The summed E-state index contributed by atoms with van der Waals surface area (Å²) in [6.07, 6.45) is 5.41. The van der Waals surface area contributed by atoms with E-state index >= 15 is 0 Å². The van der Waals surface area contributed by atoms with Crippen molar-refractivity contribution < 1.29 is 4.79 Å². The summed E-state index contributed by atoms with van der Waals surface area (Å²) in [7, 11) is 0. The van der Waals surface area contributed by atoms with E-state index in [0.717, 1.165) is 16.1 Å². The van der Waals surface area contributed by atoms with Crippen LogP contribution in [0.4, 0.5) is 5.69 Å². The quantitative estimate of drug-likeness (QED) is 0.608. The number of nitrogens with one attached hydrogen (secondary N) is 1. The number of hydrogen-bond donors (Lipinski definition) is 1. The van der Waals surface area contributed by atoms with Crippen LogP contribution in [0.5, 0.6) is 0 Å². The van der Waals surface area contributed by atoms with Gasteiger partial charge in [0.25, 0.3) is 0 Å². The smallest absolute Gasteiger partial charge is 0.248 e. The Balaban J connectivity index is 1.98. The third-order valence-corrected chi connectivity index (χ3v) is 4.09. The fourth-order valence-electron chi connectivity index (χ4n) is 2.05. The van der Waals surface area contributed by atoms with Gasteiger partial charge in [0.2, 0.25) is 5.91 Å². The zero-order chi connectivity index (χ0) is 15.9. The Morgan fingerprint density at radius 3 is 2.50 bits per heavy atom. The Hall–Kier alpha value is -2.00. The van der Waals surface area contributed by atoms with Gasteiger partial charge in [0.05, 0.1) is 0 Å². The van der Waals surface area contributed by atoms with Crippen molar-refractivity contribution in [1.29, 1.82) is 0 Å². The van der Waals surface area contributed by atoms with Gasteiger partial charge < -0.3 is 5.32 Å². The van der Waals surface area contributed by atoms with Crippen molar-refractivity contribution in [2.45, 2.75) is 24.7 Å². The van der Waals surface area contributed by atoms with Crippen molar-refractivity contribution in [3.8, 4) is 0 Å². The van der Waals surface area contributed by atoms with Crippen molar-refractivity contribution in [2.75, 3.05) is 11.6 Å². The summed E-state index contributed by atoms with van der Waals surface area (Å²) in [6, 6.07) is 16.1. The molecule has 0 aliphatic heterocycles. The summed E-state index contributed by atoms with van der Waals surface area (Å²) in [5.41, 5.74) is 3.14. The predicted octanol–water partition coefficient (Wildman–Crippen LogP) is 5.18. The number of anilines is 1. The molecule has 22 heavy (non-hydrogen) atoms. The van der Waals surface area contributed by atoms with Gasteiger partial charge in [0, 0.05) is 16.7 Å². The van der Waals surface area contributed by atoms with Gasteiger partial charge >= 0.3 is 0 Å². The van der Waals surface area contributed by atoms with Gasteiger partial charge in [-0.25, -0.2) is 0 Å². The van der Waals surface area contributed by atoms with E-state index in [1.54, 1.807) is 17.8 Å². The van der Waals surface area contributed by atoms with E-state index in [0.29, 0.717) is 5.92 Å². The van der Waals surface area contributed by atoms with E-state index < -0.39 is 0 Å². The molecule has 0 saturated carbocycles. The van der Waals surface area contributed by atoms with Gasteiger partial charge in [0.1, 0.15) is 0 Å². The van der Waals surface area contributed by atoms with Gasteiger partial charge in [-0.3, -0.25) is 4.79 Å². The lowest BCUT2D eigenvalue weighted by Crippen LogP contribution is -2.07. The number of rotatable bonds is 5. The summed E-state index contributed by atoms with van der Waals surface area (Å²) >= 11 is 1.65. The lowest BCUT2D eigenvalue weighted by Gasteiger charge is -2.05. The maximum Gasteiger partial charge on any atom is 0.248 e. The minimum atomic E-state index is -0.119. The normalized spacial score (nSPS) is 11.1. The third-order valence-electron chi connectivity index (χ3n) is 3.37. The van der Waals surface area contributed by atoms with Crippen LogP contribution in [0.3, 0.4) is 0 Å². The molecule has 2 aromatic carbocycles. The van der Waals surface area contributed by atoms with Gasteiger partial charge in [0.15, 0.2) is 0 Å². The first-order valence-corrected chi connectivity index (χ1v) is 8.54. The van der Waals surface area contributed by atoms with E-state index in [9.17, 15) is 4.79 Å². The molecule has 114 valence electrons. The summed E-state index contributed by atoms with van der Waals surface area (Å²) < 4.78 is 0. The first kappa shape index (κ1) is 16.4. The standard InChI is InChI=1S/C19H21NOS/c1-14(2)16-10-7-15(8-11-16)9-12-19(21)20-17-5-4-6-18(13-17)22-3/h4-14H,1-3H3,(H,20,21). The summed E-state index contributed by atoms with van der Waals surface area (Å²) in [6.45, 7) is 4.34. The molecule has 0 heterocycles. The SMILES string of the molecule is CSc1cccc(NC(=O)C=Cc2ccc(C(C)C)cc2)c1. The van der Waals surface area contributed by atoms with Crippen molar-refractivity contribution in [1.82, 2.24) is 0 Å². The van der Waals surface area contributed by atoms with Crippen LogP contribution in [0.1, 0.15) is 30.9 Å². The van der Waals surface area contributed by atoms with Crippen LogP contribution < -0.4 is 5.32 Å². The molecule has 0 radical (unpaired) electrons. The lowest BCUT2D eigenvalue weighted by molar-refractivity contribution is -0.111. The van der Waals surface area contributed by atoms with Crippen LogP contribution in [0.25, 0.3) is 6.08 Å². The Morgan fingerprint density at radius 2 is 1.86 bits per heavy atom. The fraction of sp³-hybridized carbons (Fsp3) is 0.211. The first-order chi connectivity index (χ1) is 10.6. The number of amides is 1. The Kier molecular flexibility index (Phi) is 5.84. The molecule has 0 fully saturated rings. The van der Waals surface area contributed by atoms with Gasteiger partial charge in [-0.2, -0.15) is 0 Å². The summed E-state index contributed by atoms with van der Waals surface area (Å²) in [5, 5.41) is 2.88. The first-order valence-electron chi connectivity index (χ1n) is 7.31. The molecule has 0 spiro atoms. The van der Waals surface area contributed by atoms with Crippen LogP contribution >= 0.6 is 11.8 Å². The number of carbonyl (C=O) groups is 1. The molecule has 0 atom stereocenters. The maximum absolute atomic E-state index is 12.0. The van der Waals surface area contributed by atoms with Crippen LogP contribution in [0.15, 0.2) is 59.5 Å². The number of carbonyl (C=O) groups excluding carboxylic acids is 1. The number of thioether (sulfide) groups is 1. The largest absolute Gasteiger partial charge is 0.322 e. The molecule has 0 aliphatic rings. The molecule has 2 aromatic rings. The average molecular weight is 311 g/mol. The predicted molar refractivity (Wildman–Crippen MR) is 96.4 cm³/mol. The minimum Gasteiger partial charge on any atom is -0.322 e. The zero-order valence-electron chi connectivity index (χ0n) is 13.2. The average Bonchev–Trinajstić information content (AvgIpc) is 2.53. The second-order valence-electron chi connectivity index (χ2n) is 5.38. The highest BCUT2D eigenvalue weighted by molar-refractivity contribution is 7.98. The molecule has 0 saturated heterocycles. The molecule has 0 aliphatic carbocycles. The van der Waals surface area contributed by atoms with Crippen molar-refractivity contribution in [3.05, 3.63) is 65.7 Å².